The molecule has 2 aliphatic rings. The lowest BCUT2D eigenvalue weighted by atomic mass is 10.1. The molecule has 1 aromatic heterocycles. The minimum absolute atomic E-state index is 0.0381. The molecule has 1 N–H and O–H groups in total. The normalized spacial score (nSPS) is 20.0. The van der Waals surface area contributed by atoms with Crippen LogP contribution in [-0.2, 0) is 4.79 Å². The van der Waals surface area contributed by atoms with Gasteiger partial charge in [0.05, 0.1) is 24.0 Å². The average molecular weight is 341 g/mol. The van der Waals surface area contributed by atoms with E-state index in [0.29, 0.717) is 17.8 Å². The summed E-state index contributed by atoms with van der Waals surface area (Å²) < 4.78 is 0. The number of likely N-dealkylation sites (N-methyl/N-ethyl adjacent to an activating group) is 1. The lowest BCUT2D eigenvalue weighted by Gasteiger charge is -2.28. The van der Waals surface area contributed by atoms with Crippen molar-refractivity contribution in [1.82, 2.24) is 4.90 Å². The van der Waals surface area contributed by atoms with Crippen LogP contribution in [0, 0.1) is 0 Å². The number of nitrogens with one attached hydrogen (secondary N) is 1. The van der Waals surface area contributed by atoms with Gasteiger partial charge < -0.3 is 15.1 Å². The van der Waals surface area contributed by atoms with E-state index in [1.807, 2.05) is 35.0 Å². The topological polar surface area (TPSA) is 52.7 Å². The minimum atomic E-state index is -0.0489. The average Bonchev–Trinajstić information content (AvgIpc) is 3.24. The number of benzene rings is 1. The number of nitrogens with zero attached hydrogens (tertiary/aromatic N) is 2. The van der Waals surface area contributed by atoms with Crippen molar-refractivity contribution in [2.45, 2.75) is 18.9 Å². The number of fused-ring (bicyclic) bond motifs is 1. The summed E-state index contributed by atoms with van der Waals surface area (Å²) in [6.07, 6.45) is 2.04. The van der Waals surface area contributed by atoms with Crippen LogP contribution in [0.15, 0.2) is 35.7 Å². The van der Waals surface area contributed by atoms with Gasteiger partial charge in [0.15, 0.2) is 0 Å². The lowest BCUT2D eigenvalue weighted by molar-refractivity contribution is -0.115. The molecule has 124 valence electrons. The van der Waals surface area contributed by atoms with Crippen molar-refractivity contribution in [2.75, 3.05) is 30.4 Å². The first-order valence-corrected chi connectivity index (χ1v) is 9.01. The Bertz CT molecular complexity index is 788. The third-order valence-corrected chi connectivity index (χ3v) is 5.67. The van der Waals surface area contributed by atoms with Crippen LogP contribution in [-0.4, -0.2) is 36.9 Å². The standard InChI is InChI=1S/C18H19N3O2S/c1-20-11-17(22)19-13-10-12(6-7-14(13)20)18(23)21-8-2-4-15(21)16-5-3-9-24-16/h3,5-7,9-10,15H,2,4,8,11H2,1H3,(H,19,22)/t15-/m0/s1. The summed E-state index contributed by atoms with van der Waals surface area (Å²) in [6.45, 7) is 1.12. The summed E-state index contributed by atoms with van der Waals surface area (Å²) in [5.41, 5.74) is 2.29. The molecule has 1 saturated heterocycles. The number of likely N-dealkylation sites (tertiary alicyclic amines) is 1. The Morgan fingerprint density at radius 2 is 2.21 bits per heavy atom. The third kappa shape index (κ3) is 2.57. The molecule has 0 unspecified atom stereocenters. The van der Waals surface area contributed by atoms with E-state index in [0.717, 1.165) is 25.1 Å². The van der Waals surface area contributed by atoms with Crippen molar-refractivity contribution >= 4 is 34.5 Å². The van der Waals surface area contributed by atoms with Gasteiger partial charge >= 0.3 is 0 Å². The van der Waals surface area contributed by atoms with Crippen molar-refractivity contribution in [1.29, 1.82) is 0 Å². The minimum Gasteiger partial charge on any atom is -0.364 e. The van der Waals surface area contributed by atoms with E-state index in [-0.39, 0.29) is 17.9 Å². The Hall–Kier alpha value is -2.34. The third-order valence-electron chi connectivity index (χ3n) is 4.69. The van der Waals surface area contributed by atoms with Gasteiger partial charge in [0.25, 0.3) is 5.91 Å². The van der Waals surface area contributed by atoms with E-state index in [4.69, 9.17) is 0 Å². The van der Waals surface area contributed by atoms with Gasteiger partial charge in [-0.1, -0.05) is 6.07 Å². The van der Waals surface area contributed by atoms with Gasteiger partial charge in [-0.2, -0.15) is 0 Å². The molecule has 0 saturated carbocycles. The molecule has 3 heterocycles. The maximum atomic E-state index is 13.0. The second-order valence-corrected chi connectivity index (χ2v) is 7.29. The number of hydrogen-bond acceptors (Lipinski definition) is 4. The van der Waals surface area contributed by atoms with Gasteiger partial charge in [-0.15, -0.1) is 11.3 Å². The molecule has 5 nitrogen and oxygen atoms in total. The van der Waals surface area contributed by atoms with Crippen molar-refractivity contribution in [3.05, 3.63) is 46.2 Å². The second kappa shape index (κ2) is 5.94. The maximum Gasteiger partial charge on any atom is 0.254 e. The zero-order chi connectivity index (χ0) is 16.7. The number of carbonyl (C=O) groups is 2. The highest BCUT2D eigenvalue weighted by Gasteiger charge is 2.32. The van der Waals surface area contributed by atoms with Crippen LogP contribution in [0.25, 0.3) is 0 Å². The first-order chi connectivity index (χ1) is 11.6. The fourth-order valence-electron chi connectivity index (χ4n) is 3.54. The molecular formula is C18H19N3O2S. The molecule has 0 bridgehead atoms. The molecule has 4 rings (SSSR count). The molecular weight excluding hydrogens is 322 g/mol. The van der Waals surface area contributed by atoms with Gasteiger partial charge in [0, 0.05) is 24.0 Å². The molecule has 0 radical (unpaired) electrons. The second-order valence-electron chi connectivity index (χ2n) is 6.31. The van der Waals surface area contributed by atoms with Gasteiger partial charge in [-0.05, 0) is 42.5 Å². The molecule has 1 aromatic carbocycles. The highest BCUT2D eigenvalue weighted by molar-refractivity contribution is 7.10. The number of amides is 2. The summed E-state index contributed by atoms with van der Waals surface area (Å²) in [7, 11) is 1.88. The summed E-state index contributed by atoms with van der Waals surface area (Å²) in [5, 5.41) is 4.92. The summed E-state index contributed by atoms with van der Waals surface area (Å²) in [6, 6.07) is 9.88. The van der Waals surface area contributed by atoms with Crippen LogP contribution in [0.5, 0.6) is 0 Å². The fourth-order valence-corrected chi connectivity index (χ4v) is 4.42. The molecule has 0 aliphatic carbocycles. The molecule has 6 heteroatoms. The van der Waals surface area contributed by atoms with Crippen LogP contribution in [0.3, 0.4) is 0 Å². The summed E-state index contributed by atoms with van der Waals surface area (Å²) in [4.78, 5) is 29.8. The molecule has 2 aliphatic heterocycles. The molecule has 24 heavy (non-hydrogen) atoms. The zero-order valence-corrected chi connectivity index (χ0v) is 14.3. The van der Waals surface area contributed by atoms with E-state index < -0.39 is 0 Å². The predicted octanol–water partition coefficient (Wildman–Crippen LogP) is 3.11. The first-order valence-electron chi connectivity index (χ1n) is 8.13. The van der Waals surface area contributed by atoms with Crippen LogP contribution >= 0.6 is 11.3 Å². The van der Waals surface area contributed by atoms with Gasteiger partial charge in [0.2, 0.25) is 5.91 Å². The molecule has 2 amide bonds. The zero-order valence-electron chi connectivity index (χ0n) is 13.5. The molecule has 2 aromatic rings. The van der Waals surface area contributed by atoms with Crippen LogP contribution in [0.1, 0.15) is 34.1 Å². The van der Waals surface area contributed by atoms with Crippen LogP contribution in [0.2, 0.25) is 0 Å². The van der Waals surface area contributed by atoms with Crippen molar-refractivity contribution in [3.8, 4) is 0 Å². The first kappa shape index (κ1) is 15.2. The monoisotopic (exact) mass is 341 g/mol. The lowest BCUT2D eigenvalue weighted by Crippen LogP contribution is -2.36. The van der Waals surface area contributed by atoms with E-state index in [1.54, 1.807) is 17.4 Å². The van der Waals surface area contributed by atoms with Gasteiger partial charge in [-0.25, -0.2) is 0 Å². The molecule has 1 fully saturated rings. The van der Waals surface area contributed by atoms with Crippen molar-refractivity contribution < 1.29 is 9.59 Å². The van der Waals surface area contributed by atoms with E-state index in [1.165, 1.54) is 4.88 Å². The largest absolute Gasteiger partial charge is 0.364 e. The highest BCUT2D eigenvalue weighted by Crippen LogP contribution is 2.36. The Balaban J connectivity index is 1.63. The number of rotatable bonds is 2. The fraction of sp³-hybridized carbons (Fsp3) is 0.333. The smallest absolute Gasteiger partial charge is 0.254 e. The van der Waals surface area contributed by atoms with Gasteiger partial charge in [0.1, 0.15) is 0 Å². The number of anilines is 2. The van der Waals surface area contributed by atoms with E-state index in [9.17, 15) is 9.59 Å². The van der Waals surface area contributed by atoms with E-state index >= 15 is 0 Å². The van der Waals surface area contributed by atoms with Crippen LogP contribution < -0.4 is 10.2 Å². The molecule has 0 spiro atoms. The Kier molecular flexibility index (Phi) is 3.76. The highest BCUT2D eigenvalue weighted by atomic mass is 32.1. The Labute approximate surface area is 144 Å². The predicted molar refractivity (Wildman–Crippen MR) is 95.7 cm³/mol. The van der Waals surface area contributed by atoms with Crippen LogP contribution in [0.4, 0.5) is 11.4 Å². The quantitative estimate of drug-likeness (QED) is 0.913. The van der Waals surface area contributed by atoms with Crippen molar-refractivity contribution in [2.24, 2.45) is 0 Å². The maximum absolute atomic E-state index is 13.0. The summed E-state index contributed by atoms with van der Waals surface area (Å²) in [5.74, 6) is -0.0107. The van der Waals surface area contributed by atoms with Crippen molar-refractivity contribution in [3.63, 3.8) is 0 Å². The SMILES string of the molecule is CN1CC(=O)Nc2cc(C(=O)N3CCC[C@H]3c3cccs3)ccc21. The number of hydrogen-bond donors (Lipinski definition) is 1. The number of thiophene rings is 1. The van der Waals surface area contributed by atoms with E-state index in [2.05, 4.69) is 16.8 Å². The summed E-state index contributed by atoms with van der Waals surface area (Å²) >= 11 is 1.70. The molecule has 1 atom stereocenters. The Morgan fingerprint density at radius 1 is 1.33 bits per heavy atom. The number of carbonyl (C=O) groups excluding carboxylic acids is 2. The van der Waals surface area contributed by atoms with Gasteiger partial charge in [-0.3, -0.25) is 9.59 Å². The Morgan fingerprint density at radius 3 is 3.00 bits per heavy atom.